The second kappa shape index (κ2) is 9.80. The normalized spacial score (nSPS) is 10.4. The predicted octanol–water partition coefficient (Wildman–Crippen LogP) is 2.77. The number of carbonyl (C=O) groups is 2. The molecule has 0 aromatic heterocycles. The Labute approximate surface area is 157 Å². The fourth-order valence-corrected chi connectivity index (χ4v) is 2.41. The van der Waals surface area contributed by atoms with Gasteiger partial charge in [0.05, 0.1) is 24.9 Å². The van der Waals surface area contributed by atoms with Gasteiger partial charge in [0.15, 0.2) is 0 Å². The van der Waals surface area contributed by atoms with Gasteiger partial charge in [-0.1, -0.05) is 30.2 Å². The van der Waals surface area contributed by atoms with Gasteiger partial charge in [-0.15, -0.1) is 6.42 Å². The summed E-state index contributed by atoms with van der Waals surface area (Å²) in [5, 5.41) is 14.8. The lowest BCUT2D eigenvalue weighted by molar-refractivity contribution is -0.111. The Bertz CT molecular complexity index is 897. The molecule has 27 heavy (non-hydrogen) atoms. The van der Waals surface area contributed by atoms with Crippen molar-refractivity contribution in [3.63, 3.8) is 0 Å². The van der Waals surface area contributed by atoms with Crippen molar-refractivity contribution in [1.82, 2.24) is 5.32 Å². The number of ether oxygens (including phenoxy) is 1. The summed E-state index contributed by atoms with van der Waals surface area (Å²) in [6.07, 6.45) is 8.17. The molecule has 0 saturated carbocycles. The third-order valence-electron chi connectivity index (χ3n) is 3.70. The summed E-state index contributed by atoms with van der Waals surface area (Å²) >= 11 is 0. The summed E-state index contributed by atoms with van der Waals surface area (Å²) in [6.45, 7) is 1.03. The van der Waals surface area contributed by atoms with Crippen molar-refractivity contribution in [3.8, 4) is 18.1 Å². The number of hydrogen-bond donors (Lipinski definition) is 3. The van der Waals surface area contributed by atoms with Crippen molar-refractivity contribution in [1.29, 1.82) is 0 Å². The molecule has 0 heterocycles. The van der Waals surface area contributed by atoms with Gasteiger partial charge in [0.2, 0.25) is 5.91 Å². The Morgan fingerprint density at radius 2 is 2.04 bits per heavy atom. The molecule has 0 bridgehead atoms. The first-order chi connectivity index (χ1) is 13.0. The van der Waals surface area contributed by atoms with Gasteiger partial charge in [-0.05, 0) is 29.8 Å². The van der Waals surface area contributed by atoms with Crippen LogP contribution >= 0.6 is 0 Å². The molecule has 6 nitrogen and oxygen atoms in total. The van der Waals surface area contributed by atoms with Crippen molar-refractivity contribution in [2.24, 2.45) is 0 Å². The van der Waals surface area contributed by atoms with E-state index in [2.05, 4.69) is 16.6 Å². The van der Waals surface area contributed by atoms with Crippen LogP contribution in [-0.4, -0.2) is 30.6 Å². The minimum absolute atomic E-state index is 0.0322. The van der Waals surface area contributed by atoms with Gasteiger partial charge in [-0.2, -0.15) is 0 Å². The lowest BCUT2D eigenvalue weighted by atomic mass is 10.1. The van der Waals surface area contributed by atoms with Crippen LogP contribution in [0.5, 0.6) is 5.75 Å². The molecule has 0 radical (unpaired) electrons. The number of aromatic carboxylic acids is 1. The van der Waals surface area contributed by atoms with Crippen LogP contribution in [0.1, 0.15) is 21.5 Å². The van der Waals surface area contributed by atoms with E-state index >= 15 is 0 Å². The van der Waals surface area contributed by atoms with E-state index in [1.807, 2.05) is 18.2 Å². The molecule has 0 aliphatic carbocycles. The first-order valence-electron chi connectivity index (χ1n) is 8.17. The number of rotatable bonds is 8. The fourth-order valence-electron chi connectivity index (χ4n) is 2.41. The molecule has 1 amide bonds. The monoisotopic (exact) mass is 364 g/mol. The van der Waals surface area contributed by atoms with E-state index in [4.69, 9.17) is 16.3 Å². The summed E-state index contributed by atoms with van der Waals surface area (Å²) in [5.74, 6) is 1.65. The van der Waals surface area contributed by atoms with Crippen LogP contribution in [0.15, 0.2) is 48.5 Å². The SMILES string of the molecule is C#CCNCc1ccc(C=CC(=O)Nc2ccccc2C(=O)O)cc1OC. The van der Waals surface area contributed by atoms with E-state index in [1.54, 1.807) is 25.3 Å². The number of benzene rings is 2. The highest BCUT2D eigenvalue weighted by atomic mass is 16.5. The number of terminal acetylenes is 1. The van der Waals surface area contributed by atoms with Gasteiger partial charge in [0.25, 0.3) is 0 Å². The first-order valence-corrected chi connectivity index (χ1v) is 8.17. The zero-order valence-electron chi connectivity index (χ0n) is 14.9. The molecule has 0 saturated heterocycles. The molecule has 0 aliphatic rings. The summed E-state index contributed by atoms with van der Waals surface area (Å²) in [7, 11) is 1.57. The van der Waals surface area contributed by atoms with Crippen LogP contribution in [0.25, 0.3) is 6.08 Å². The van der Waals surface area contributed by atoms with E-state index in [-0.39, 0.29) is 11.3 Å². The van der Waals surface area contributed by atoms with E-state index < -0.39 is 11.9 Å². The highest BCUT2D eigenvalue weighted by Gasteiger charge is 2.10. The molecule has 0 atom stereocenters. The van der Waals surface area contributed by atoms with Crippen molar-refractivity contribution in [2.75, 3.05) is 19.0 Å². The minimum Gasteiger partial charge on any atom is -0.496 e. The minimum atomic E-state index is -1.10. The van der Waals surface area contributed by atoms with Crippen molar-refractivity contribution >= 4 is 23.6 Å². The molecule has 0 spiro atoms. The molecular formula is C21H20N2O4. The Hall–Kier alpha value is -3.56. The zero-order chi connectivity index (χ0) is 19.6. The highest BCUT2D eigenvalue weighted by molar-refractivity contribution is 6.06. The summed E-state index contributed by atoms with van der Waals surface area (Å²) in [4.78, 5) is 23.3. The average molecular weight is 364 g/mol. The van der Waals surface area contributed by atoms with E-state index in [0.29, 0.717) is 18.8 Å². The Morgan fingerprint density at radius 1 is 1.26 bits per heavy atom. The van der Waals surface area contributed by atoms with Gasteiger partial charge in [-0.3, -0.25) is 4.79 Å². The molecule has 2 aromatic carbocycles. The molecule has 2 aromatic rings. The summed E-state index contributed by atoms with van der Waals surface area (Å²) in [5.41, 5.74) is 2.00. The number of carboxylic acid groups (broad SMARTS) is 1. The Morgan fingerprint density at radius 3 is 2.74 bits per heavy atom. The third-order valence-corrected chi connectivity index (χ3v) is 3.70. The standard InChI is InChI=1S/C21H20N2O4/c1-3-12-22-14-16-10-8-15(13-19(16)27-2)9-11-20(24)23-18-7-5-4-6-17(18)21(25)26/h1,4-11,13,22H,12,14H2,2H3,(H,23,24)(H,25,26). The number of carbonyl (C=O) groups excluding carboxylic acids is 1. The Balaban J connectivity index is 2.08. The number of carboxylic acids is 1. The molecule has 138 valence electrons. The Kier molecular flexibility index (Phi) is 7.17. The van der Waals surface area contributed by atoms with Crippen molar-refractivity contribution in [3.05, 3.63) is 65.2 Å². The summed E-state index contributed by atoms with van der Waals surface area (Å²) < 4.78 is 5.37. The highest BCUT2D eigenvalue weighted by Crippen LogP contribution is 2.21. The van der Waals surface area contributed by atoms with Crippen LogP contribution < -0.4 is 15.4 Å². The molecular weight excluding hydrogens is 344 g/mol. The van der Waals surface area contributed by atoms with Crippen molar-refractivity contribution in [2.45, 2.75) is 6.54 Å². The number of hydrogen-bond acceptors (Lipinski definition) is 4. The maximum Gasteiger partial charge on any atom is 0.337 e. The van der Waals surface area contributed by atoms with Gasteiger partial charge in [-0.25, -0.2) is 4.79 Å². The number of amides is 1. The van der Waals surface area contributed by atoms with Crippen molar-refractivity contribution < 1.29 is 19.4 Å². The average Bonchev–Trinajstić information content (AvgIpc) is 2.67. The second-order valence-electron chi connectivity index (χ2n) is 5.55. The molecule has 2 rings (SSSR count). The van der Waals surface area contributed by atoms with Gasteiger partial charge in [0, 0.05) is 18.2 Å². The lowest BCUT2D eigenvalue weighted by Gasteiger charge is -2.09. The molecule has 6 heteroatoms. The van der Waals surface area contributed by atoms with Gasteiger partial charge < -0.3 is 20.5 Å². The maximum absolute atomic E-state index is 12.1. The molecule has 0 aliphatic heterocycles. The van der Waals surface area contributed by atoms with E-state index in [0.717, 1.165) is 11.1 Å². The lowest BCUT2D eigenvalue weighted by Crippen LogP contribution is -2.13. The van der Waals surface area contributed by atoms with E-state index in [1.165, 1.54) is 18.2 Å². The second-order valence-corrected chi connectivity index (χ2v) is 5.55. The van der Waals surface area contributed by atoms with Crippen LogP contribution in [0.2, 0.25) is 0 Å². The molecule has 3 N–H and O–H groups in total. The molecule has 0 unspecified atom stereocenters. The quantitative estimate of drug-likeness (QED) is 0.381. The van der Waals surface area contributed by atoms with Gasteiger partial charge >= 0.3 is 5.97 Å². The topological polar surface area (TPSA) is 87.7 Å². The van der Waals surface area contributed by atoms with Crippen LogP contribution in [0.3, 0.4) is 0 Å². The largest absolute Gasteiger partial charge is 0.496 e. The smallest absolute Gasteiger partial charge is 0.337 e. The number of para-hydroxylation sites is 1. The van der Waals surface area contributed by atoms with Crippen LogP contribution in [0.4, 0.5) is 5.69 Å². The molecule has 0 fully saturated rings. The number of anilines is 1. The first kappa shape index (κ1) is 19.8. The fraction of sp³-hybridized carbons (Fsp3) is 0.143. The van der Waals surface area contributed by atoms with E-state index in [9.17, 15) is 9.59 Å². The number of nitrogens with one attached hydrogen (secondary N) is 2. The maximum atomic E-state index is 12.1. The van der Waals surface area contributed by atoms with Crippen LogP contribution in [0, 0.1) is 12.3 Å². The zero-order valence-corrected chi connectivity index (χ0v) is 14.9. The summed E-state index contributed by atoms with van der Waals surface area (Å²) in [6, 6.07) is 11.8. The van der Waals surface area contributed by atoms with Gasteiger partial charge in [0.1, 0.15) is 5.75 Å². The predicted molar refractivity (Wildman–Crippen MR) is 105 cm³/mol. The third kappa shape index (κ3) is 5.73. The van der Waals surface area contributed by atoms with Crippen LogP contribution in [-0.2, 0) is 11.3 Å². The number of methoxy groups -OCH3 is 1.